The Morgan fingerprint density at radius 2 is 2.23 bits per heavy atom. The minimum absolute atomic E-state index is 0.0674. The Kier molecular flexibility index (Phi) is 5.50. The molecular formula is C18H18ClN5O5S. The van der Waals surface area contributed by atoms with Gasteiger partial charge < -0.3 is 24.1 Å². The van der Waals surface area contributed by atoms with Crippen LogP contribution in [0.2, 0.25) is 5.02 Å². The van der Waals surface area contributed by atoms with E-state index in [1.165, 1.54) is 13.2 Å². The zero-order valence-electron chi connectivity index (χ0n) is 16.0. The Bertz CT molecular complexity index is 1140. The van der Waals surface area contributed by atoms with Crippen LogP contribution in [-0.4, -0.2) is 45.0 Å². The largest absolute Gasteiger partial charge is 0.488 e. The molecule has 3 aromatic rings. The summed E-state index contributed by atoms with van der Waals surface area (Å²) in [4.78, 5) is 24.9. The van der Waals surface area contributed by atoms with Crippen LogP contribution in [0.3, 0.4) is 0 Å². The van der Waals surface area contributed by atoms with Crippen LogP contribution in [0.4, 0.5) is 10.8 Å². The summed E-state index contributed by atoms with van der Waals surface area (Å²) in [5.74, 6) is -0.972. The van der Waals surface area contributed by atoms with Gasteiger partial charge in [-0.25, -0.2) is 4.79 Å². The van der Waals surface area contributed by atoms with Crippen LogP contribution in [0.25, 0.3) is 10.7 Å². The van der Waals surface area contributed by atoms with E-state index in [0.29, 0.717) is 22.1 Å². The zero-order chi connectivity index (χ0) is 21.4. The number of hydrogen-bond acceptors (Lipinski definition) is 9. The molecule has 12 heteroatoms. The first-order valence-corrected chi connectivity index (χ1v) is 10.2. The first-order valence-electron chi connectivity index (χ1n) is 9.00. The van der Waals surface area contributed by atoms with Crippen LogP contribution < -0.4 is 21.0 Å². The molecule has 1 fully saturated rings. The number of carbonyl (C=O) groups excluding carboxylic acids is 1. The van der Waals surface area contributed by atoms with E-state index < -0.39 is 17.6 Å². The van der Waals surface area contributed by atoms with E-state index in [4.69, 9.17) is 20.8 Å². The topological polar surface area (TPSA) is 132 Å². The molecule has 1 aliphatic rings. The Morgan fingerprint density at radius 1 is 1.43 bits per heavy atom. The summed E-state index contributed by atoms with van der Waals surface area (Å²) in [5, 5.41) is 24.6. The van der Waals surface area contributed by atoms with Gasteiger partial charge in [0.05, 0.1) is 35.7 Å². The number of hydrogen-bond donors (Lipinski definition) is 3. The van der Waals surface area contributed by atoms with Gasteiger partial charge in [0, 0.05) is 19.3 Å². The molecule has 1 unspecified atom stereocenters. The molecule has 1 aliphatic carbocycles. The van der Waals surface area contributed by atoms with Crippen LogP contribution >= 0.6 is 22.9 Å². The van der Waals surface area contributed by atoms with E-state index >= 15 is 0 Å². The number of amides is 1. The smallest absolute Gasteiger partial charge is 0.381 e. The fourth-order valence-electron chi connectivity index (χ4n) is 3.03. The quantitative estimate of drug-likeness (QED) is 0.520. The monoisotopic (exact) mass is 451 g/mol. The maximum atomic E-state index is 12.6. The second-order valence-electron chi connectivity index (χ2n) is 6.73. The number of anilines is 2. The van der Waals surface area contributed by atoms with E-state index in [-0.39, 0.29) is 28.4 Å². The van der Waals surface area contributed by atoms with Gasteiger partial charge in [0.15, 0.2) is 10.8 Å². The summed E-state index contributed by atoms with van der Waals surface area (Å²) in [7, 11) is 3.15. The van der Waals surface area contributed by atoms with E-state index in [2.05, 4.69) is 20.8 Å². The summed E-state index contributed by atoms with van der Waals surface area (Å²) in [6, 6.07) is 2.87. The van der Waals surface area contributed by atoms with E-state index in [1.54, 1.807) is 16.8 Å². The van der Waals surface area contributed by atoms with E-state index in [1.807, 2.05) is 7.05 Å². The fourth-order valence-corrected chi connectivity index (χ4v) is 4.20. The SMILES string of the molecule is COc1c(NC2CC[C@H]2O)cc(C(=O)Nc2nnc(-c3c(Cl)ccn3C)s2)oc1=O. The molecule has 158 valence electrons. The van der Waals surface area contributed by atoms with Crippen LogP contribution in [-0.2, 0) is 7.05 Å². The lowest BCUT2D eigenvalue weighted by Gasteiger charge is -2.34. The maximum absolute atomic E-state index is 12.6. The summed E-state index contributed by atoms with van der Waals surface area (Å²) < 4.78 is 12.0. The maximum Gasteiger partial charge on any atom is 0.381 e. The minimum atomic E-state index is -0.810. The lowest BCUT2D eigenvalue weighted by Crippen LogP contribution is -2.43. The van der Waals surface area contributed by atoms with Gasteiger partial charge in [0.25, 0.3) is 5.91 Å². The van der Waals surface area contributed by atoms with Crippen LogP contribution in [0.5, 0.6) is 5.75 Å². The lowest BCUT2D eigenvalue weighted by molar-refractivity contribution is 0.0784. The molecule has 3 aromatic heterocycles. The normalized spacial score (nSPS) is 18.0. The van der Waals surface area contributed by atoms with Gasteiger partial charge in [-0.3, -0.25) is 10.1 Å². The van der Waals surface area contributed by atoms with Gasteiger partial charge in [0.2, 0.25) is 10.9 Å². The summed E-state index contributed by atoms with van der Waals surface area (Å²) in [6.07, 6.45) is 2.67. The number of rotatable bonds is 6. The Balaban J connectivity index is 1.56. The highest BCUT2D eigenvalue weighted by atomic mass is 35.5. The molecule has 3 N–H and O–H groups in total. The molecule has 2 atom stereocenters. The number of ether oxygens (including phenoxy) is 1. The van der Waals surface area contributed by atoms with Crippen molar-refractivity contribution >= 4 is 39.7 Å². The summed E-state index contributed by atoms with van der Waals surface area (Å²) in [5.41, 5.74) is 0.141. The van der Waals surface area contributed by atoms with Crippen molar-refractivity contribution in [3.63, 3.8) is 0 Å². The summed E-state index contributed by atoms with van der Waals surface area (Å²) >= 11 is 7.30. The van der Waals surface area contributed by atoms with Gasteiger partial charge in [0.1, 0.15) is 0 Å². The molecule has 1 saturated carbocycles. The number of nitrogens with one attached hydrogen (secondary N) is 2. The first kappa shape index (κ1) is 20.4. The highest BCUT2D eigenvalue weighted by Gasteiger charge is 2.30. The van der Waals surface area contributed by atoms with Crippen molar-refractivity contribution in [3.8, 4) is 16.5 Å². The third kappa shape index (κ3) is 3.78. The zero-order valence-corrected chi connectivity index (χ0v) is 17.6. The molecule has 0 saturated heterocycles. The number of aliphatic hydroxyl groups excluding tert-OH is 1. The van der Waals surface area contributed by atoms with E-state index in [0.717, 1.165) is 17.8 Å². The third-order valence-electron chi connectivity index (χ3n) is 4.79. The van der Waals surface area contributed by atoms with Crippen LogP contribution in [0, 0.1) is 0 Å². The number of aliphatic hydroxyl groups is 1. The Hall–Kier alpha value is -2.89. The number of carbonyl (C=O) groups is 1. The van der Waals surface area contributed by atoms with Crippen molar-refractivity contribution in [2.24, 2.45) is 7.05 Å². The number of aromatic nitrogens is 3. The molecule has 1 amide bonds. The van der Waals surface area contributed by atoms with Crippen LogP contribution in [0.15, 0.2) is 27.5 Å². The molecule has 0 bridgehead atoms. The highest BCUT2D eigenvalue weighted by Crippen LogP contribution is 2.33. The molecule has 3 heterocycles. The first-order chi connectivity index (χ1) is 14.4. The van der Waals surface area contributed by atoms with Crippen molar-refractivity contribution in [2.75, 3.05) is 17.7 Å². The van der Waals surface area contributed by atoms with Crippen molar-refractivity contribution in [1.29, 1.82) is 0 Å². The van der Waals surface area contributed by atoms with Crippen molar-refractivity contribution < 1.29 is 19.1 Å². The Labute approximate surface area is 179 Å². The number of methoxy groups -OCH3 is 1. The lowest BCUT2D eigenvalue weighted by atomic mass is 9.89. The number of nitrogens with zero attached hydrogens (tertiary/aromatic N) is 3. The predicted molar refractivity (Wildman–Crippen MR) is 111 cm³/mol. The second-order valence-corrected chi connectivity index (χ2v) is 8.11. The molecule has 0 aromatic carbocycles. The number of aryl methyl sites for hydroxylation is 1. The fraction of sp³-hybridized carbons (Fsp3) is 0.333. The predicted octanol–water partition coefficient (Wildman–Crippen LogP) is 2.35. The van der Waals surface area contributed by atoms with E-state index in [9.17, 15) is 14.7 Å². The Morgan fingerprint density at radius 3 is 2.83 bits per heavy atom. The average molecular weight is 452 g/mol. The van der Waals surface area contributed by atoms with Gasteiger partial charge >= 0.3 is 5.63 Å². The molecule has 10 nitrogen and oxygen atoms in total. The third-order valence-corrected chi connectivity index (χ3v) is 5.94. The van der Waals surface area contributed by atoms with Crippen molar-refractivity contribution in [2.45, 2.75) is 25.0 Å². The van der Waals surface area contributed by atoms with Gasteiger partial charge in [-0.1, -0.05) is 22.9 Å². The molecular weight excluding hydrogens is 434 g/mol. The van der Waals surface area contributed by atoms with Crippen LogP contribution in [0.1, 0.15) is 23.4 Å². The van der Waals surface area contributed by atoms with Crippen molar-refractivity contribution in [1.82, 2.24) is 14.8 Å². The van der Waals surface area contributed by atoms with Gasteiger partial charge in [-0.2, -0.15) is 0 Å². The highest BCUT2D eigenvalue weighted by molar-refractivity contribution is 7.18. The van der Waals surface area contributed by atoms with Gasteiger partial charge in [-0.05, 0) is 18.9 Å². The molecule has 30 heavy (non-hydrogen) atoms. The molecule has 0 spiro atoms. The minimum Gasteiger partial charge on any atom is -0.488 e. The average Bonchev–Trinajstić information content (AvgIpc) is 3.30. The number of halogens is 1. The van der Waals surface area contributed by atoms with Crippen molar-refractivity contribution in [3.05, 3.63) is 39.5 Å². The standard InChI is InChI=1S/C18H18ClN5O5S/c1-24-6-5-8(19)13(24)16-22-23-18(30-16)21-15(26)12-7-10(14(28-2)17(27)29-12)20-9-3-4-11(9)25/h5-7,9,11,20,25H,3-4H2,1-2H3,(H,21,23,26)/t9?,11-/m1/s1. The summed E-state index contributed by atoms with van der Waals surface area (Å²) in [6.45, 7) is 0. The van der Waals surface area contributed by atoms with Gasteiger partial charge in [-0.15, -0.1) is 10.2 Å². The molecule has 0 radical (unpaired) electrons. The molecule has 4 rings (SSSR count). The molecule has 0 aliphatic heterocycles. The second kappa shape index (κ2) is 8.09.